The molecule has 2 aromatic carbocycles. The highest BCUT2D eigenvalue weighted by molar-refractivity contribution is 7.89. The molecule has 0 aromatic heterocycles. The van der Waals surface area contributed by atoms with Gasteiger partial charge in [-0.25, -0.2) is 12.8 Å². The first-order chi connectivity index (χ1) is 11.4. The summed E-state index contributed by atoms with van der Waals surface area (Å²) in [5.74, 6) is -0.921. The van der Waals surface area contributed by atoms with Gasteiger partial charge in [0, 0.05) is 6.42 Å². The van der Waals surface area contributed by atoms with Crippen LogP contribution in [0.4, 0.5) is 4.39 Å². The zero-order chi connectivity index (χ0) is 17.2. The molecular weight excluding hydrogens is 329 g/mol. The number of nitrogens with one attached hydrogen (secondary N) is 1. The SMILES string of the molecule is O=C(C[C@@H]1C[C@H]1c1ccccc1)NS(=O)(=O)Cc1cccc(F)c1. The summed E-state index contributed by atoms with van der Waals surface area (Å²) in [6, 6.07) is 15.2. The maximum Gasteiger partial charge on any atom is 0.239 e. The second-order valence-corrected chi connectivity index (χ2v) is 7.85. The van der Waals surface area contributed by atoms with Crippen LogP contribution in [0.3, 0.4) is 0 Å². The van der Waals surface area contributed by atoms with Crippen molar-refractivity contribution in [3.8, 4) is 0 Å². The lowest BCUT2D eigenvalue weighted by atomic mass is 10.1. The van der Waals surface area contributed by atoms with Gasteiger partial charge < -0.3 is 0 Å². The van der Waals surface area contributed by atoms with Crippen LogP contribution >= 0.6 is 0 Å². The van der Waals surface area contributed by atoms with Crippen LogP contribution in [-0.4, -0.2) is 14.3 Å². The molecule has 0 spiro atoms. The molecule has 6 heteroatoms. The molecular formula is C18H18FNO3S. The van der Waals surface area contributed by atoms with Crippen LogP contribution in [0, 0.1) is 11.7 Å². The first-order valence-corrected chi connectivity index (χ1v) is 9.41. The highest BCUT2D eigenvalue weighted by atomic mass is 32.2. The first-order valence-electron chi connectivity index (χ1n) is 7.76. The Kier molecular flexibility index (Phi) is 4.66. The minimum atomic E-state index is -3.82. The monoisotopic (exact) mass is 347 g/mol. The van der Waals surface area contributed by atoms with E-state index in [1.165, 1.54) is 23.8 Å². The molecule has 0 unspecified atom stereocenters. The van der Waals surface area contributed by atoms with Gasteiger partial charge in [-0.2, -0.15) is 0 Å². The predicted molar refractivity (Wildman–Crippen MR) is 89.1 cm³/mol. The number of sulfonamides is 1. The van der Waals surface area contributed by atoms with Gasteiger partial charge in [0.1, 0.15) is 5.82 Å². The quantitative estimate of drug-likeness (QED) is 0.874. The second kappa shape index (κ2) is 6.73. The van der Waals surface area contributed by atoms with Gasteiger partial charge in [0.05, 0.1) is 5.75 Å². The van der Waals surface area contributed by atoms with Crippen LogP contribution in [0.2, 0.25) is 0 Å². The zero-order valence-corrected chi connectivity index (χ0v) is 13.8. The van der Waals surface area contributed by atoms with Gasteiger partial charge in [-0.3, -0.25) is 9.52 Å². The summed E-state index contributed by atoms with van der Waals surface area (Å²) < 4.78 is 39.2. The van der Waals surface area contributed by atoms with Gasteiger partial charge in [-0.15, -0.1) is 0 Å². The van der Waals surface area contributed by atoms with E-state index in [2.05, 4.69) is 4.72 Å². The van der Waals surface area contributed by atoms with Gasteiger partial charge in [0.2, 0.25) is 15.9 Å². The third-order valence-corrected chi connectivity index (χ3v) is 5.36. The van der Waals surface area contributed by atoms with E-state index in [-0.39, 0.29) is 12.3 Å². The van der Waals surface area contributed by atoms with Crippen LogP contribution in [0.1, 0.15) is 29.9 Å². The average molecular weight is 347 g/mol. The summed E-state index contributed by atoms with van der Waals surface area (Å²) in [5, 5.41) is 0. The fraction of sp³-hybridized carbons (Fsp3) is 0.278. The summed E-state index contributed by atoms with van der Waals surface area (Å²) in [7, 11) is -3.82. The van der Waals surface area contributed by atoms with Gasteiger partial charge in [-0.1, -0.05) is 42.5 Å². The molecule has 0 aliphatic heterocycles. The van der Waals surface area contributed by atoms with E-state index in [0.717, 1.165) is 12.5 Å². The molecule has 1 amide bonds. The Morgan fingerprint density at radius 3 is 2.58 bits per heavy atom. The van der Waals surface area contributed by atoms with E-state index in [0.29, 0.717) is 11.5 Å². The molecule has 126 valence electrons. The smallest absolute Gasteiger partial charge is 0.239 e. The van der Waals surface area contributed by atoms with Crippen molar-refractivity contribution in [1.29, 1.82) is 0 Å². The van der Waals surface area contributed by atoms with Gasteiger partial charge >= 0.3 is 0 Å². The fourth-order valence-electron chi connectivity index (χ4n) is 2.92. The Bertz CT molecular complexity index is 836. The molecule has 1 aliphatic rings. The standard InChI is InChI=1S/C18H18FNO3S/c19-16-8-4-5-13(9-16)12-24(22,23)20-18(21)11-15-10-17(15)14-6-2-1-3-7-14/h1-9,15,17H,10-12H2,(H,20,21)/t15-,17-/m0/s1. The Labute approximate surface area is 140 Å². The van der Waals surface area contributed by atoms with E-state index in [9.17, 15) is 17.6 Å². The normalized spacial score (nSPS) is 19.7. The molecule has 2 aromatic rings. The van der Waals surface area contributed by atoms with Gasteiger partial charge in [0.25, 0.3) is 0 Å². The van der Waals surface area contributed by atoms with Crippen molar-refractivity contribution in [2.45, 2.75) is 24.5 Å². The summed E-state index contributed by atoms with van der Waals surface area (Å²) in [6.45, 7) is 0. The number of rotatable bonds is 6. The average Bonchev–Trinajstić information content (AvgIpc) is 3.26. The lowest BCUT2D eigenvalue weighted by Gasteiger charge is -2.07. The molecule has 24 heavy (non-hydrogen) atoms. The molecule has 1 N–H and O–H groups in total. The minimum Gasteiger partial charge on any atom is -0.274 e. The molecule has 3 rings (SSSR count). The van der Waals surface area contributed by atoms with Crippen molar-refractivity contribution in [2.75, 3.05) is 0 Å². The minimum absolute atomic E-state index is 0.178. The second-order valence-electron chi connectivity index (χ2n) is 6.13. The molecule has 2 atom stereocenters. The molecule has 0 saturated heterocycles. The number of benzene rings is 2. The molecule has 0 bridgehead atoms. The molecule has 1 aliphatic carbocycles. The van der Waals surface area contributed by atoms with Crippen LogP contribution in [-0.2, 0) is 20.6 Å². The Hall–Kier alpha value is -2.21. The number of carbonyl (C=O) groups is 1. The van der Waals surface area contributed by atoms with E-state index in [1.807, 2.05) is 30.3 Å². The number of hydrogen-bond acceptors (Lipinski definition) is 3. The van der Waals surface area contributed by atoms with Crippen LogP contribution in [0.5, 0.6) is 0 Å². The topological polar surface area (TPSA) is 63.2 Å². The maximum absolute atomic E-state index is 13.1. The van der Waals surface area contributed by atoms with Crippen molar-refractivity contribution in [3.63, 3.8) is 0 Å². The largest absolute Gasteiger partial charge is 0.274 e. The lowest BCUT2D eigenvalue weighted by molar-refractivity contribution is -0.119. The van der Waals surface area contributed by atoms with Gasteiger partial charge in [0.15, 0.2) is 0 Å². The summed E-state index contributed by atoms with van der Waals surface area (Å²) in [6.07, 6.45) is 1.07. The van der Waals surface area contributed by atoms with Crippen molar-refractivity contribution >= 4 is 15.9 Å². The highest BCUT2D eigenvalue weighted by Gasteiger charge is 2.39. The molecule has 4 nitrogen and oxygen atoms in total. The fourth-order valence-corrected chi connectivity index (χ4v) is 4.04. The summed E-state index contributed by atoms with van der Waals surface area (Å²) in [4.78, 5) is 12.0. The van der Waals surface area contributed by atoms with Crippen LogP contribution in [0.25, 0.3) is 0 Å². The summed E-state index contributed by atoms with van der Waals surface area (Å²) >= 11 is 0. The molecule has 1 fully saturated rings. The summed E-state index contributed by atoms with van der Waals surface area (Å²) in [5.41, 5.74) is 1.49. The molecule has 0 heterocycles. The maximum atomic E-state index is 13.1. The number of amides is 1. The Morgan fingerprint density at radius 2 is 1.88 bits per heavy atom. The van der Waals surface area contributed by atoms with E-state index < -0.39 is 27.5 Å². The van der Waals surface area contributed by atoms with Crippen molar-refractivity contribution in [3.05, 3.63) is 71.5 Å². The third-order valence-electron chi connectivity index (χ3n) is 4.11. The first kappa shape index (κ1) is 16.6. The molecule has 0 radical (unpaired) electrons. The van der Waals surface area contributed by atoms with E-state index >= 15 is 0 Å². The van der Waals surface area contributed by atoms with Crippen molar-refractivity contribution in [1.82, 2.24) is 4.72 Å². The number of carbonyl (C=O) groups excluding carboxylic acids is 1. The van der Waals surface area contributed by atoms with Crippen molar-refractivity contribution in [2.24, 2.45) is 5.92 Å². The van der Waals surface area contributed by atoms with E-state index in [1.54, 1.807) is 0 Å². The third kappa shape index (κ3) is 4.41. The Morgan fingerprint density at radius 1 is 1.12 bits per heavy atom. The lowest BCUT2D eigenvalue weighted by Crippen LogP contribution is -2.31. The van der Waals surface area contributed by atoms with Crippen molar-refractivity contribution < 1.29 is 17.6 Å². The van der Waals surface area contributed by atoms with Crippen LogP contribution in [0.15, 0.2) is 54.6 Å². The number of hydrogen-bond donors (Lipinski definition) is 1. The number of halogens is 1. The highest BCUT2D eigenvalue weighted by Crippen LogP contribution is 2.49. The predicted octanol–water partition coefficient (Wildman–Crippen LogP) is 2.97. The molecule has 1 saturated carbocycles. The zero-order valence-electron chi connectivity index (χ0n) is 13.0. The van der Waals surface area contributed by atoms with E-state index in [4.69, 9.17) is 0 Å². The Balaban J connectivity index is 1.53. The van der Waals surface area contributed by atoms with Gasteiger partial charge in [-0.05, 0) is 41.5 Å². The van der Waals surface area contributed by atoms with Crippen LogP contribution < -0.4 is 4.72 Å².